The zero-order valence-electron chi connectivity index (χ0n) is 17.2. The number of unbranched alkanes of at least 4 members (excludes halogenated alkanes) is 1. The maximum atomic E-state index is 4.35. The zero-order valence-corrected chi connectivity index (χ0v) is 18.0. The molecular weight excluding hydrogens is 338 g/mol. The number of thiophene rings is 1. The van der Waals surface area contributed by atoms with Gasteiger partial charge in [-0.25, -0.2) is 0 Å². The summed E-state index contributed by atoms with van der Waals surface area (Å²) in [5, 5.41) is 2.20. The van der Waals surface area contributed by atoms with E-state index in [1.807, 2.05) is 23.6 Å². The minimum absolute atomic E-state index is 0.624. The number of rotatable bonds is 2. The number of hydrogen-bond donors (Lipinski definition) is 0. The van der Waals surface area contributed by atoms with Gasteiger partial charge in [-0.05, 0) is 56.0 Å². The summed E-state index contributed by atoms with van der Waals surface area (Å²) < 4.78 is 0. The van der Waals surface area contributed by atoms with E-state index >= 15 is 0 Å². The van der Waals surface area contributed by atoms with Gasteiger partial charge in [-0.15, -0.1) is 11.3 Å². The van der Waals surface area contributed by atoms with Crippen LogP contribution in [0, 0.1) is 0 Å². The number of fused-ring (bicyclic) bond motifs is 2. The van der Waals surface area contributed by atoms with Crippen molar-refractivity contribution >= 4 is 11.3 Å². The van der Waals surface area contributed by atoms with Crippen LogP contribution in [0.25, 0.3) is 0 Å². The molecule has 0 bridgehead atoms. The molecule has 4 heterocycles. The van der Waals surface area contributed by atoms with Gasteiger partial charge in [0.2, 0.25) is 0 Å². The van der Waals surface area contributed by atoms with Crippen molar-refractivity contribution in [3.05, 3.63) is 51.5 Å². The second-order valence-electron chi connectivity index (χ2n) is 7.46. The summed E-state index contributed by atoms with van der Waals surface area (Å²) >= 11 is 1.90. The third-order valence-electron chi connectivity index (χ3n) is 4.94. The van der Waals surface area contributed by atoms with E-state index in [1.165, 1.54) is 37.1 Å². The van der Waals surface area contributed by atoms with Gasteiger partial charge in [0.25, 0.3) is 0 Å². The summed E-state index contributed by atoms with van der Waals surface area (Å²) in [4.78, 5) is 10.7. The highest BCUT2D eigenvalue weighted by Gasteiger charge is 2.20. The first-order valence-electron chi connectivity index (χ1n) is 9.95. The fourth-order valence-corrected chi connectivity index (χ4v) is 3.87. The van der Waals surface area contributed by atoms with E-state index in [-0.39, 0.29) is 0 Å². The molecule has 0 radical (unpaired) electrons. The molecule has 3 nitrogen and oxygen atoms in total. The molecule has 0 amide bonds. The van der Waals surface area contributed by atoms with Crippen molar-refractivity contribution in [2.75, 3.05) is 13.6 Å². The molecule has 0 saturated carbocycles. The van der Waals surface area contributed by atoms with Crippen LogP contribution in [-0.4, -0.2) is 34.4 Å². The van der Waals surface area contributed by atoms with Gasteiger partial charge in [-0.2, -0.15) is 0 Å². The Hall–Kier alpha value is -1.23. The van der Waals surface area contributed by atoms with Gasteiger partial charge < -0.3 is 4.90 Å². The van der Waals surface area contributed by atoms with Crippen LogP contribution < -0.4 is 0 Å². The van der Waals surface area contributed by atoms with Gasteiger partial charge in [-0.3, -0.25) is 9.88 Å². The topological polar surface area (TPSA) is 19.4 Å². The molecule has 0 atom stereocenters. The smallest absolute Gasteiger partial charge is 0.0589 e. The number of nitrogens with zero attached hydrogens (tertiary/aromatic N) is 3. The van der Waals surface area contributed by atoms with Crippen molar-refractivity contribution in [2.24, 2.45) is 0 Å². The SMILES string of the molecule is CC(C)N1Cc2cccnc2C1.CCCC.CN1CCc2sccc2C1. The molecule has 0 N–H and O–H groups in total. The van der Waals surface area contributed by atoms with Gasteiger partial charge in [0.15, 0.2) is 0 Å². The second-order valence-corrected chi connectivity index (χ2v) is 8.47. The molecule has 4 rings (SSSR count). The van der Waals surface area contributed by atoms with Gasteiger partial charge in [-0.1, -0.05) is 32.8 Å². The van der Waals surface area contributed by atoms with E-state index in [4.69, 9.17) is 0 Å². The summed E-state index contributed by atoms with van der Waals surface area (Å²) in [6, 6.07) is 7.06. The Labute approximate surface area is 164 Å². The largest absolute Gasteiger partial charge is 0.302 e. The molecule has 0 spiro atoms. The lowest BCUT2D eigenvalue weighted by atomic mass is 10.1. The summed E-state index contributed by atoms with van der Waals surface area (Å²) in [6.07, 6.45) is 5.77. The first-order valence-corrected chi connectivity index (χ1v) is 10.8. The number of hydrogen-bond acceptors (Lipinski definition) is 4. The van der Waals surface area contributed by atoms with Crippen LogP contribution in [0.2, 0.25) is 0 Å². The maximum absolute atomic E-state index is 4.35. The molecule has 4 heteroatoms. The van der Waals surface area contributed by atoms with Gasteiger partial charge in [0.05, 0.1) is 5.69 Å². The zero-order chi connectivity index (χ0) is 18.9. The van der Waals surface area contributed by atoms with Crippen LogP contribution >= 0.6 is 11.3 Å². The standard InChI is InChI=1S/C10H14N2.C8H11NS.C4H10/c1-8(2)12-6-9-4-3-5-11-10(9)7-12;1-9-4-2-8-7(6-9)3-5-10-8;1-3-4-2/h3-5,8H,6-7H2,1-2H3;3,5H,2,4,6H2,1H3;3-4H2,1-2H3. The van der Waals surface area contributed by atoms with E-state index in [1.54, 1.807) is 10.4 Å². The molecule has 2 aliphatic rings. The summed E-state index contributed by atoms with van der Waals surface area (Å²) in [6.45, 7) is 13.3. The van der Waals surface area contributed by atoms with Gasteiger partial charge in [0, 0.05) is 43.3 Å². The predicted octanol–water partition coefficient (Wildman–Crippen LogP) is 5.35. The quantitative estimate of drug-likeness (QED) is 0.707. The molecule has 0 saturated heterocycles. The highest BCUT2D eigenvalue weighted by molar-refractivity contribution is 7.10. The number of likely N-dealkylation sites (N-methyl/N-ethyl adjacent to an activating group) is 1. The number of pyridine rings is 1. The van der Waals surface area contributed by atoms with Gasteiger partial charge in [0.1, 0.15) is 0 Å². The number of aromatic nitrogens is 1. The van der Waals surface area contributed by atoms with E-state index in [0.29, 0.717) is 6.04 Å². The average Bonchev–Trinajstić information content (AvgIpc) is 3.28. The molecule has 26 heavy (non-hydrogen) atoms. The van der Waals surface area contributed by atoms with Crippen LogP contribution in [0.5, 0.6) is 0 Å². The molecule has 0 fully saturated rings. The maximum Gasteiger partial charge on any atom is 0.0589 e. The van der Waals surface area contributed by atoms with Crippen molar-refractivity contribution < 1.29 is 0 Å². The first kappa shape index (κ1) is 21.1. The summed E-state index contributed by atoms with van der Waals surface area (Å²) in [7, 11) is 2.18. The van der Waals surface area contributed by atoms with Crippen molar-refractivity contribution in [3.63, 3.8) is 0 Å². The minimum Gasteiger partial charge on any atom is -0.302 e. The third kappa shape index (κ3) is 6.19. The van der Waals surface area contributed by atoms with Crippen molar-refractivity contribution in [2.45, 2.75) is 72.6 Å². The molecule has 0 aromatic carbocycles. The highest BCUT2D eigenvalue weighted by Crippen LogP contribution is 2.23. The van der Waals surface area contributed by atoms with Crippen molar-refractivity contribution in [1.29, 1.82) is 0 Å². The van der Waals surface area contributed by atoms with Crippen molar-refractivity contribution in [1.82, 2.24) is 14.8 Å². The Balaban J connectivity index is 0.000000158. The molecular formula is C22H35N3S. The second kappa shape index (κ2) is 10.8. The lowest BCUT2D eigenvalue weighted by molar-refractivity contribution is 0.226. The molecule has 144 valence electrons. The van der Waals surface area contributed by atoms with Crippen LogP contribution in [0.3, 0.4) is 0 Å². The Morgan fingerprint density at radius 3 is 2.50 bits per heavy atom. The fourth-order valence-electron chi connectivity index (χ4n) is 2.98. The molecule has 2 aromatic rings. The lowest BCUT2D eigenvalue weighted by Gasteiger charge is -2.21. The first-order chi connectivity index (χ1) is 12.5. The molecule has 0 aliphatic carbocycles. The minimum atomic E-state index is 0.624. The Bertz CT molecular complexity index is 623. The Morgan fingerprint density at radius 1 is 1.08 bits per heavy atom. The van der Waals surface area contributed by atoms with E-state index < -0.39 is 0 Å². The van der Waals surface area contributed by atoms with E-state index in [9.17, 15) is 0 Å². The normalized spacial score (nSPS) is 16.2. The predicted molar refractivity (Wildman–Crippen MR) is 114 cm³/mol. The fraction of sp³-hybridized carbons (Fsp3) is 0.591. The molecule has 2 aliphatic heterocycles. The molecule has 0 unspecified atom stereocenters. The monoisotopic (exact) mass is 373 g/mol. The van der Waals surface area contributed by atoms with Crippen LogP contribution in [0.4, 0.5) is 0 Å². The highest BCUT2D eigenvalue weighted by atomic mass is 32.1. The van der Waals surface area contributed by atoms with Crippen LogP contribution in [0.15, 0.2) is 29.8 Å². The Morgan fingerprint density at radius 2 is 1.85 bits per heavy atom. The van der Waals surface area contributed by atoms with Gasteiger partial charge >= 0.3 is 0 Å². The average molecular weight is 374 g/mol. The summed E-state index contributed by atoms with van der Waals surface area (Å²) in [5.74, 6) is 0. The van der Waals surface area contributed by atoms with E-state index in [0.717, 1.165) is 19.6 Å². The molecule has 2 aromatic heterocycles. The third-order valence-corrected chi connectivity index (χ3v) is 5.96. The summed E-state index contributed by atoms with van der Waals surface area (Å²) in [5.41, 5.74) is 4.19. The van der Waals surface area contributed by atoms with Crippen molar-refractivity contribution in [3.8, 4) is 0 Å². The van der Waals surface area contributed by atoms with E-state index in [2.05, 4.69) is 67.0 Å². The Kier molecular flexibility index (Phi) is 8.76. The van der Waals surface area contributed by atoms with Crippen LogP contribution in [-0.2, 0) is 26.1 Å². The lowest BCUT2D eigenvalue weighted by Crippen LogP contribution is -2.25. The van der Waals surface area contributed by atoms with Crippen LogP contribution in [0.1, 0.15) is 62.2 Å².